The van der Waals surface area contributed by atoms with Gasteiger partial charge in [-0.05, 0) is 20.9 Å². The second kappa shape index (κ2) is 6.07. The molecule has 0 rings (SSSR count). The molecule has 0 aromatic rings. The van der Waals surface area contributed by atoms with E-state index in [1.54, 1.807) is 25.8 Å². The Morgan fingerprint density at radius 1 is 1.40 bits per heavy atom. The van der Waals surface area contributed by atoms with Crippen molar-refractivity contribution in [2.24, 2.45) is 0 Å². The maximum absolute atomic E-state index is 11.2. The lowest BCUT2D eigenvalue weighted by Crippen LogP contribution is -2.32. The number of carbonyl (C=O) groups excluding carboxylic acids is 1. The molecule has 0 aromatic heterocycles. The van der Waals surface area contributed by atoms with E-state index in [0.717, 1.165) is 0 Å². The van der Waals surface area contributed by atoms with Crippen LogP contribution in [0, 0.1) is 0 Å². The summed E-state index contributed by atoms with van der Waals surface area (Å²) in [5, 5.41) is 0. The largest absolute Gasteiger partial charge is 0.462 e. The van der Waals surface area contributed by atoms with Crippen LogP contribution in [0.3, 0.4) is 0 Å². The highest BCUT2D eigenvalue weighted by atomic mass is 32.2. The predicted octanol–water partition coefficient (Wildman–Crippen LogP) is -0.0856. The molecule has 0 saturated carbocycles. The predicted molar refractivity (Wildman–Crippen MR) is 58.4 cm³/mol. The maximum Gasteiger partial charge on any atom is 0.320 e. The standard InChI is InChI=1S/C9H19NO4S/c1-8(2)14-9(11)7-10(3)5-6-15(4,12)13/h8H,5-7H2,1-4H3. The van der Waals surface area contributed by atoms with Gasteiger partial charge in [0.2, 0.25) is 0 Å². The fraction of sp³-hybridized carbons (Fsp3) is 0.889. The third-order valence-electron chi connectivity index (χ3n) is 1.61. The first-order valence-electron chi connectivity index (χ1n) is 4.76. The van der Waals surface area contributed by atoms with Crippen molar-refractivity contribution in [3.8, 4) is 0 Å². The third-order valence-corrected chi connectivity index (χ3v) is 2.53. The molecule has 0 radical (unpaired) electrons. The van der Waals surface area contributed by atoms with Crippen molar-refractivity contribution >= 4 is 15.8 Å². The van der Waals surface area contributed by atoms with Crippen LogP contribution in [0.1, 0.15) is 13.8 Å². The summed E-state index contributed by atoms with van der Waals surface area (Å²) in [7, 11) is -1.28. The molecule has 0 unspecified atom stereocenters. The quantitative estimate of drug-likeness (QED) is 0.604. The summed E-state index contributed by atoms with van der Waals surface area (Å²) in [6.07, 6.45) is 1.04. The van der Waals surface area contributed by atoms with Crippen LogP contribution >= 0.6 is 0 Å². The summed E-state index contributed by atoms with van der Waals surface area (Å²) < 4.78 is 26.6. The number of carbonyl (C=O) groups is 1. The first-order valence-corrected chi connectivity index (χ1v) is 6.82. The molecule has 0 amide bonds. The third kappa shape index (κ3) is 9.68. The fourth-order valence-corrected chi connectivity index (χ4v) is 1.56. The van der Waals surface area contributed by atoms with Crippen LogP contribution in [0.4, 0.5) is 0 Å². The number of hydrogen-bond donors (Lipinski definition) is 0. The Morgan fingerprint density at radius 3 is 2.33 bits per heavy atom. The number of esters is 1. The highest BCUT2D eigenvalue weighted by molar-refractivity contribution is 7.90. The van der Waals surface area contributed by atoms with Gasteiger partial charge in [0.15, 0.2) is 0 Å². The molecule has 0 aromatic carbocycles. The second-order valence-electron chi connectivity index (χ2n) is 3.91. The molecule has 15 heavy (non-hydrogen) atoms. The normalized spacial score (nSPS) is 12.1. The molecule has 0 aliphatic carbocycles. The molecule has 5 nitrogen and oxygen atoms in total. The van der Waals surface area contributed by atoms with Gasteiger partial charge in [-0.3, -0.25) is 9.69 Å². The first kappa shape index (κ1) is 14.4. The summed E-state index contributed by atoms with van der Waals surface area (Å²) in [5.74, 6) is -0.278. The van der Waals surface area contributed by atoms with Gasteiger partial charge in [-0.2, -0.15) is 0 Å². The van der Waals surface area contributed by atoms with Crippen LogP contribution in [-0.2, 0) is 19.4 Å². The van der Waals surface area contributed by atoms with Crippen LogP contribution in [0.2, 0.25) is 0 Å². The fourth-order valence-electron chi connectivity index (χ4n) is 0.921. The number of likely N-dealkylation sites (N-methyl/N-ethyl adjacent to an activating group) is 1. The Hall–Kier alpha value is -0.620. The summed E-state index contributed by atoms with van der Waals surface area (Å²) in [4.78, 5) is 12.8. The van der Waals surface area contributed by atoms with E-state index in [-0.39, 0.29) is 24.4 Å². The zero-order valence-corrected chi connectivity index (χ0v) is 10.5. The summed E-state index contributed by atoms with van der Waals surface area (Å²) in [5.41, 5.74) is 0. The molecular weight excluding hydrogens is 218 g/mol. The Labute approximate surface area is 91.3 Å². The van der Waals surface area contributed by atoms with Gasteiger partial charge < -0.3 is 4.74 Å². The van der Waals surface area contributed by atoms with Gasteiger partial charge in [-0.15, -0.1) is 0 Å². The minimum absolute atomic E-state index is 0.0540. The average molecular weight is 237 g/mol. The zero-order valence-electron chi connectivity index (χ0n) is 9.69. The van der Waals surface area contributed by atoms with Gasteiger partial charge in [-0.1, -0.05) is 0 Å². The van der Waals surface area contributed by atoms with Crippen LogP contribution < -0.4 is 0 Å². The van der Waals surface area contributed by atoms with Gasteiger partial charge in [0.05, 0.1) is 18.4 Å². The minimum Gasteiger partial charge on any atom is -0.462 e. The summed E-state index contributed by atoms with van der Waals surface area (Å²) in [6.45, 7) is 4.00. The van der Waals surface area contributed by atoms with Crippen molar-refractivity contribution in [1.82, 2.24) is 4.90 Å². The molecule has 90 valence electrons. The van der Waals surface area contributed by atoms with Crippen molar-refractivity contribution in [2.45, 2.75) is 20.0 Å². The number of nitrogens with zero attached hydrogens (tertiary/aromatic N) is 1. The van der Waals surface area contributed by atoms with Crippen LogP contribution in [0.15, 0.2) is 0 Å². The Balaban J connectivity index is 3.84. The monoisotopic (exact) mass is 237 g/mol. The highest BCUT2D eigenvalue weighted by Gasteiger charge is 2.11. The maximum atomic E-state index is 11.2. The topological polar surface area (TPSA) is 63.7 Å². The van der Waals surface area contributed by atoms with E-state index in [9.17, 15) is 13.2 Å². The van der Waals surface area contributed by atoms with Gasteiger partial charge in [0.25, 0.3) is 0 Å². The Morgan fingerprint density at radius 2 is 1.93 bits per heavy atom. The SMILES string of the molecule is CC(C)OC(=O)CN(C)CCS(C)(=O)=O. The van der Waals surface area contributed by atoms with Crippen molar-refractivity contribution < 1.29 is 17.9 Å². The van der Waals surface area contributed by atoms with E-state index in [2.05, 4.69) is 0 Å². The van der Waals surface area contributed by atoms with Crippen LogP contribution in [0.25, 0.3) is 0 Å². The molecule has 6 heteroatoms. The van der Waals surface area contributed by atoms with E-state index in [1.165, 1.54) is 6.26 Å². The summed E-state index contributed by atoms with van der Waals surface area (Å²) >= 11 is 0. The molecule has 0 atom stereocenters. The lowest BCUT2D eigenvalue weighted by Gasteiger charge is -2.16. The van der Waals surface area contributed by atoms with Gasteiger partial charge in [-0.25, -0.2) is 8.42 Å². The molecule has 0 bridgehead atoms. The molecule has 0 saturated heterocycles. The van der Waals surface area contributed by atoms with E-state index in [1.807, 2.05) is 0 Å². The van der Waals surface area contributed by atoms with Crippen LogP contribution in [-0.4, -0.2) is 57.5 Å². The van der Waals surface area contributed by atoms with E-state index in [4.69, 9.17) is 4.74 Å². The second-order valence-corrected chi connectivity index (χ2v) is 6.17. The highest BCUT2D eigenvalue weighted by Crippen LogP contribution is 1.93. The molecular formula is C9H19NO4S. The average Bonchev–Trinajstić information content (AvgIpc) is 1.97. The van der Waals surface area contributed by atoms with Gasteiger partial charge in [0, 0.05) is 12.8 Å². The molecule has 0 spiro atoms. The zero-order chi connectivity index (χ0) is 12.1. The number of ether oxygens (including phenoxy) is 1. The Kier molecular flexibility index (Phi) is 5.82. The van der Waals surface area contributed by atoms with Crippen LogP contribution in [0.5, 0.6) is 0 Å². The number of rotatable bonds is 6. The van der Waals surface area contributed by atoms with Gasteiger partial charge >= 0.3 is 5.97 Å². The molecule has 0 fully saturated rings. The Bertz CT molecular complexity index is 297. The van der Waals surface area contributed by atoms with Crippen molar-refractivity contribution in [2.75, 3.05) is 32.1 Å². The minimum atomic E-state index is -2.97. The van der Waals surface area contributed by atoms with Gasteiger partial charge in [0.1, 0.15) is 9.84 Å². The molecule has 0 aliphatic heterocycles. The van der Waals surface area contributed by atoms with E-state index in [0.29, 0.717) is 6.54 Å². The van der Waals surface area contributed by atoms with E-state index < -0.39 is 9.84 Å². The smallest absolute Gasteiger partial charge is 0.320 e. The molecule has 0 heterocycles. The molecule has 0 aliphatic rings. The van der Waals surface area contributed by atoms with Crippen molar-refractivity contribution in [3.05, 3.63) is 0 Å². The van der Waals surface area contributed by atoms with E-state index >= 15 is 0 Å². The van der Waals surface area contributed by atoms with Crippen molar-refractivity contribution in [1.29, 1.82) is 0 Å². The first-order chi connectivity index (χ1) is 6.70. The van der Waals surface area contributed by atoms with Crippen molar-refractivity contribution in [3.63, 3.8) is 0 Å². The lowest BCUT2D eigenvalue weighted by molar-refractivity contribution is -0.148. The number of sulfone groups is 1. The molecule has 0 N–H and O–H groups in total. The lowest BCUT2D eigenvalue weighted by atomic mass is 10.4. The number of hydrogen-bond acceptors (Lipinski definition) is 5. The summed E-state index contributed by atoms with van der Waals surface area (Å²) in [6, 6.07) is 0.